The summed E-state index contributed by atoms with van der Waals surface area (Å²) in [5.74, 6) is 1.13. The molecule has 2 aromatic heterocycles. The van der Waals surface area contributed by atoms with Crippen LogP contribution in [0.5, 0.6) is 11.5 Å². The third-order valence-electron chi connectivity index (χ3n) is 6.18. The number of nitrogens with zero attached hydrogens (tertiary/aromatic N) is 6. The zero-order valence-corrected chi connectivity index (χ0v) is 21.6. The lowest BCUT2D eigenvalue weighted by Gasteiger charge is -2.31. The Kier molecular flexibility index (Phi) is 6.27. The molecule has 9 nitrogen and oxygen atoms in total. The van der Waals surface area contributed by atoms with Crippen molar-refractivity contribution in [2.45, 2.75) is 46.8 Å². The zero-order chi connectivity index (χ0) is 25.5. The lowest BCUT2D eigenvalue weighted by Crippen LogP contribution is -2.43. The maximum absolute atomic E-state index is 13.6. The number of hydrogen-bond donors (Lipinski definition) is 0. The van der Waals surface area contributed by atoms with E-state index in [-0.39, 0.29) is 18.1 Å². The Hall–Kier alpha value is -3.88. The van der Waals surface area contributed by atoms with E-state index in [4.69, 9.17) is 14.6 Å². The molecule has 3 heterocycles. The maximum Gasteiger partial charge on any atom is 0.274 e. The van der Waals surface area contributed by atoms with Gasteiger partial charge >= 0.3 is 0 Å². The number of benzene rings is 1. The van der Waals surface area contributed by atoms with Crippen LogP contribution in [0.3, 0.4) is 0 Å². The van der Waals surface area contributed by atoms with Crippen LogP contribution in [0.25, 0.3) is 28.2 Å². The number of methoxy groups -OCH3 is 1. The van der Waals surface area contributed by atoms with Crippen molar-refractivity contribution in [3.8, 4) is 34.0 Å². The first kappa shape index (κ1) is 24.3. The summed E-state index contributed by atoms with van der Waals surface area (Å²) in [4.78, 5) is 15.3. The Balaban J connectivity index is 2.00. The van der Waals surface area contributed by atoms with Crippen LogP contribution >= 0.6 is 0 Å². The van der Waals surface area contributed by atoms with E-state index in [0.29, 0.717) is 22.9 Å². The summed E-state index contributed by atoms with van der Waals surface area (Å²) in [7, 11) is 5.23. The number of ether oxygens (including phenoxy) is 2. The second-order valence-corrected chi connectivity index (χ2v) is 9.45. The monoisotopic (exact) mass is 476 g/mol. The van der Waals surface area contributed by atoms with E-state index in [1.807, 2.05) is 82.9 Å². The molecule has 0 fully saturated rings. The van der Waals surface area contributed by atoms with Gasteiger partial charge in [0.05, 0.1) is 24.7 Å². The average molecular weight is 477 g/mol. The van der Waals surface area contributed by atoms with Crippen molar-refractivity contribution in [2.75, 3.05) is 14.2 Å². The molecule has 1 aromatic carbocycles. The minimum atomic E-state index is -0.361. The molecular formula is C26H32N6O3. The summed E-state index contributed by atoms with van der Waals surface area (Å²) < 4.78 is 15.3. The number of allylic oxidation sites excluding steroid dienone is 4. The van der Waals surface area contributed by atoms with Gasteiger partial charge in [0.1, 0.15) is 23.8 Å². The van der Waals surface area contributed by atoms with Gasteiger partial charge in [-0.3, -0.25) is 9.48 Å². The van der Waals surface area contributed by atoms with Crippen LogP contribution in [0.4, 0.5) is 0 Å². The van der Waals surface area contributed by atoms with Crippen molar-refractivity contribution in [3.63, 3.8) is 0 Å². The molecule has 0 saturated carbocycles. The van der Waals surface area contributed by atoms with Gasteiger partial charge in [0.25, 0.3) is 5.91 Å². The first-order valence-electron chi connectivity index (χ1n) is 11.5. The highest BCUT2D eigenvalue weighted by atomic mass is 16.5. The van der Waals surface area contributed by atoms with Crippen LogP contribution in [0, 0.1) is 0 Å². The van der Waals surface area contributed by atoms with E-state index in [9.17, 15) is 4.79 Å². The summed E-state index contributed by atoms with van der Waals surface area (Å²) in [6.45, 7) is 10.1. The fourth-order valence-corrected chi connectivity index (χ4v) is 4.00. The van der Waals surface area contributed by atoms with Gasteiger partial charge in [-0.25, -0.2) is 4.68 Å². The minimum Gasteiger partial charge on any atom is -0.496 e. The predicted octanol–water partition coefficient (Wildman–Crippen LogP) is 4.55. The molecule has 0 N–H and O–H groups in total. The van der Waals surface area contributed by atoms with Gasteiger partial charge in [-0.1, -0.05) is 17.4 Å². The van der Waals surface area contributed by atoms with Gasteiger partial charge in [-0.05, 0) is 46.8 Å². The molecule has 0 aliphatic carbocycles. The third-order valence-corrected chi connectivity index (χ3v) is 6.18. The smallest absolute Gasteiger partial charge is 0.274 e. The van der Waals surface area contributed by atoms with E-state index in [0.717, 1.165) is 28.1 Å². The Bertz CT molecular complexity index is 1340. The molecule has 0 saturated heterocycles. The van der Waals surface area contributed by atoms with E-state index in [1.54, 1.807) is 23.7 Å². The minimum absolute atomic E-state index is 0.154. The van der Waals surface area contributed by atoms with E-state index in [1.165, 1.54) is 0 Å². The summed E-state index contributed by atoms with van der Waals surface area (Å²) in [5.41, 5.74) is 4.69. The number of aryl methyl sites for hydroxylation is 1. The molecular weight excluding hydrogens is 444 g/mol. The second kappa shape index (κ2) is 9.05. The van der Waals surface area contributed by atoms with Crippen LogP contribution < -0.4 is 9.47 Å². The topological polar surface area (TPSA) is 87.3 Å². The standard InChI is InChI=1S/C26H32N6O3/c1-9-11-16(10-2)32-24-18-12-17(20-14-30(6)29-27-20)21(34-8)13-22(18)35-15-19(24)23(28-32)25(33)31(7)26(3,4)5/h9-14H,15H2,1-8H3/b11-9-,16-10+. The number of hydrogen-bond acceptors (Lipinski definition) is 6. The molecule has 1 amide bonds. The van der Waals surface area contributed by atoms with Gasteiger partial charge in [0.2, 0.25) is 0 Å². The molecule has 3 aromatic rings. The van der Waals surface area contributed by atoms with Crippen LogP contribution in [-0.2, 0) is 13.7 Å². The van der Waals surface area contributed by atoms with Crippen LogP contribution in [0.2, 0.25) is 0 Å². The molecule has 4 rings (SSSR count). The van der Waals surface area contributed by atoms with Gasteiger partial charge in [-0.15, -0.1) is 5.10 Å². The van der Waals surface area contributed by atoms with Crippen molar-refractivity contribution in [3.05, 3.63) is 47.8 Å². The fraction of sp³-hybridized carbons (Fsp3) is 0.385. The molecule has 0 atom stereocenters. The van der Waals surface area contributed by atoms with E-state index in [2.05, 4.69) is 10.3 Å². The summed E-state index contributed by atoms with van der Waals surface area (Å²) in [5, 5.41) is 13.2. The molecule has 0 unspecified atom stereocenters. The maximum atomic E-state index is 13.6. The van der Waals surface area contributed by atoms with Gasteiger partial charge in [-0.2, -0.15) is 5.10 Å². The summed E-state index contributed by atoms with van der Waals surface area (Å²) in [6, 6.07) is 3.83. The third kappa shape index (κ3) is 4.22. The number of aromatic nitrogens is 5. The number of carbonyl (C=O) groups excluding carboxylic acids is 1. The molecule has 0 radical (unpaired) electrons. The number of fused-ring (bicyclic) bond motifs is 3. The molecule has 0 bridgehead atoms. The highest BCUT2D eigenvalue weighted by molar-refractivity contribution is 5.97. The summed E-state index contributed by atoms with van der Waals surface area (Å²) >= 11 is 0. The normalized spacial score (nSPS) is 13.4. The van der Waals surface area contributed by atoms with Crippen molar-refractivity contribution < 1.29 is 14.3 Å². The van der Waals surface area contributed by atoms with Gasteiger partial charge in [0, 0.05) is 42.4 Å². The predicted molar refractivity (Wildman–Crippen MR) is 135 cm³/mol. The fourth-order valence-electron chi connectivity index (χ4n) is 4.00. The van der Waals surface area contributed by atoms with Gasteiger partial charge in [0.15, 0.2) is 5.69 Å². The van der Waals surface area contributed by atoms with Gasteiger partial charge < -0.3 is 14.4 Å². The second-order valence-electron chi connectivity index (χ2n) is 9.45. The Morgan fingerprint density at radius 3 is 2.54 bits per heavy atom. The van der Waals surface area contributed by atoms with Crippen LogP contribution in [-0.4, -0.2) is 55.3 Å². The molecule has 35 heavy (non-hydrogen) atoms. The lowest BCUT2D eigenvalue weighted by atomic mass is 9.97. The lowest BCUT2D eigenvalue weighted by molar-refractivity contribution is 0.0646. The van der Waals surface area contributed by atoms with Crippen molar-refractivity contribution in [1.29, 1.82) is 0 Å². The van der Waals surface area contributed by atoms with Crippen molar-refractivity contribution in [2.24, 2.45) is 7.05 Å². The van der Waals surface area contributed by atoms with Crippen molar-refractivity contribution in [1.82, 2.24) is 29.7 Å². The SMILES string of the molecule is C/C=C\C(=C/C)n1nc(C(=O)N(C)C(C)(C)C)c2c1-c1cc(-c3cn(C)nn3)c(OC)cc1OC2. The highest BCUT2D eigenvalue weighted by Crippen LogP contribution is 2.45. The van der Waals surface area contributed by atoms with E-state index >= 15 is 0 Å². The Morgan fingerprint density at radius 2 is 1.97 bits per heavy atom. The molecule has 1 aliphatic rings. The first-order chi connectivity index (χ1) is 16.6. The zero-order valence-electron chi connectivity index (χ0n) is 21.6. The first-order valence-corrected chi connectivity index (χ1v) is 11.5. The molecule has 184 valence electrons. The number of amides is 1. The molecule has 0 spiro atoms. The Morgan fingerprint density at radius 1 is 1.23 bits per heavy atom. The quantitative estimate of drug-likeness (QED) is 0.502. The van der Waals surface area contributed by atoms with Crippen molar-refractivity contribution >= 4 is 11.6 Å². The summed E-state index contributed by atoms with van der Waals surface area (Å²) in [6.07, 6.45) is 7.72. The highest BCUT2D eigenvalue weighted by Gasteiger charge is 2.34. The van der Waals surface area contributed by atoms with Crippen LogP contribution in [0.1, 0.15) is 50.7 Å². The Labute approximate surface area is 205 Å². The average Bonchev–Trinajstić information content (AvgIpc) is 3.44. The van der Waals surface area contributed by atoms with Crippen LogP contribution in [0.15, 0.2) is 36.6 Å². The molecule has 1 aliphatic heterocycles. The van der Waals surface area contributed by atoms with E-state index < -0.39 is 0 Å². The number of carbonyl (C=O) groups is 1. The number of rotatable bonds is 5. The largest absolute Gasteiger partial charge is 0.496 e. The molecule has 9 heteroatoms.